The van der Waals surface area contributed by atoms with Crippen LogP contribution in [0.5, 0.6) is 5.75 Å². The smallest absolute Gasteiger partial charge is 0.313 e. The summed E-state index contributed by atoms with van der Waals surface area (Å²) in [5, 5.41) is 14.7. The molecule has 1 aromatic rings. The molecule has 1 fully saturated rings. The first-order chi connectivity index (χ1) is 10.6. The molecule has 3 N–H and O–H groups in total. The van der Waals surface area contributed by atoms with Gasteiger partial charge in [-0.25, -0.2) is 0 Å². The Labute approximate surface area is 129 Å². The van der Waals surface area contributed by atoms with E-state index in [4.69, 9.17) is 4.74 Å². The number of hydrogen-bond acceptors (Lipinski definition) is 4. The molecule has 0 heterocycles. The molecule has 6 nitrogen and oxygen atoms in total. The number of hydrogen-bond donors (Lipinski definition) is 3. The third-order valence-corrected chi connectivity index (χ3v) is 3.52. The van der Waals surface area contributed by atoms with Gasteiger partial charge in [0.2, 0.25) is 0 Å². The summed E-state index contributed by atoms with van der Waals surface area (Å²) in [5.74, 6) is -0.337. The highest BCUT2D eigenvalue weighted by Gasteiger charge is 2.29. The van der Waals surface area contributed by atoms with Gasteiger partial charge in [0, 0.05) is 12.2 Å². The quantitative estimate of drug-likeness (QED) is 0.663. The van der Waals surface area contributed by atoms with Gasteiger partial charge in [-0.05, 0) is 56.4 Å². The maximum atomic E-state index is 11.7. The van der Waals surface area contributed by atoms with Gasteiger partial charge in [-0.2, -0.15) is 0 Å². The Morgan fingerprint density at radius 3 is 2.55 bits per heavy atom. The van der Waals surface area contributed by atoms with Crippen LogP contribution in [0.25, 0.3) is 0 Å². The predicted molar refractivity (Wildman–Crippen MR) is 82.6 cm³/mol. The molecule has 22 heavy (non-hydrogen) atoms. The van der Waals surface area contributed by atoms with Crippen LogP contribution >= 0.6 is 0 Å². The molecule has 1 saturated carbocycles. The zero-order chi connectivity index (χ0) is 15.9. The summed E-state index contributed by atoms with van der Waals surface area (Å²) >= 11 is 0. The monoisotopic (exact) mass is 306 g/mol. The number of anilines is 1. The minimum absolute atomic E-state index is 0.299. The average molecular weight is 306 g/mol. The van der Waals surface area contributed by atoms with Crippen LogP contribution in [0.1, 0.15) is 26.2 Å². The molecular formula is C16H22N2O4. The molecule has 0 spiro atoms. The lowest BCUT2D eigenvalue weighted by molar-refractivity contribution is -0.136. The number of aliphatic hydroxyl groups excluding tert-OH is 1. The predicted octanol–water partition coefficient (Wildman–Crippen LogP) is 1.30. The average Bonchev–Trinajstić information content (AvgIpc) is 3.34. The van der Waals surface area contributed by atoms with Gasteiger partial charge in [0.15, 0.2) is 0 Å². The van der Waals surface area contributed by atoms with Crippen molar-refractivity contribution in [3.63, 3.8) is 0 Å². The fourth-order valence-corrected chi connectivity index (χ4v) is 2.12. The summed E-state index contributed by atoms with van der Waals surface area (Å²) in [7, 11) is 0. The fourth-order valence-electron chi connectivity index (χ4n) is 2.12. The summed E-state index contributed by atoms with van der Waals surface area (Å²) < 4.78 is 5.30. The second kappa shape index (κ2) is 7.79. The van der Waals surface area contributed by atoms with Gasteiger partial charge in [-0.3, -0.25) is 9.59 Å². The fraction of sp³-hybridized carbons (Fsp3) is 0.500. The van der Waals surface area contributed by atoms with Crippen molar-refractivity contribution >= 4 is 17.5 Å². The Morgan fingerprint density at radius 2 is 1.95 bits per heavy atom. The van der Waals surface area contributed by atoms with E-state index in [-0.39, 0.29) is 6.10 Å². The zero-order valence-corrected chi connectivity index (χ0v) is 12.7. The van der Waals surface area contributed by atoms with Crippen LogP contribution in [0, 0.1) is 5.92 Å². The minimum Gasteiger partial charge on any atom is -0.494 e. The van der Waals surface area contributed by atoms with E-state index >= 15 is 0 Å². The zero-order valence-electron chi connectivity index (χ0n) is 12.7. The number of ether oxygens (including phenoxy) is 1. The highest BCUT2D eigenvalue weighted by Crippen LogP contribution is 2.33. The Hall–Kier alpha value is -2.08. The van der Waals surface area contributed by atoms with E-state index in [1.165, 1.54) is 0 Å². The molecule has 2 rings (SSSR count). The van der Waals surface area contributed by atoms with Crippen molar-refractivity contribution in [2.75, 3.05) is 18.5 Å². The molecule has 6 heteroatoms. The molecule has 0 bridgehead atoms. The standard InChI is InChI=1S/C16H22N2O4/c1-2-22-13-7-5-12(6-8-13)18-16(21)15(20)17-10-9-14(19)11-3-4-11/h5-8,11,14,19H,2-4,9-10H2,1H3,(H,17,20)(H,18,21)/t14-/m1/s1. The minimum atomic E-state index is -0.718. The van der Waals surface area contributed by atoms with E-state index in [2.05, 4.69) is 10.6 Å². The number of carbonyl (C=O) groups excluding carboxylic acids is 2. The molecule has 1 atom stereocenters. The molecule has 1 aromatic carbocycles. The molecular weight excluding hydrogens is 284 g/mol. The van der Waals surface area contributed by atoms with E-state index in [1.54, 1.807) is 24.3 Å². The molecule has 1 aliphatic carbocycles. The van der Waals surface area contributed by atoms with Crippen molar-refractivity contribution in [2.45, 2.75) is 32.3 Å². The van der Waals surface area contributed by atoms with Gasteiger partial charge in [-0.15, -0.1) is 0 Å². The Balaban J connectivity index is 1.71. The molecule has 120 valence electrons. The molecule has 0 saturated heterocycles. The van der Waals surface area contributed by atoms with Gasteiger partial charge in [-0.1, -0.05) is 0 Å². The maximum Gasteiger partial charge on any atom is 0.313 e. The molecule has 0 aliphatic heterocycles. The largest absolute Gasteiger partial charge is 0.494 e. The van der Waals surface area contributed by atoms with Crippen molar-refractivity contribution in [3.05, 3.63) is 24.3 Å². The highest BCUT2D eigenvalue weighted by molar-refractivity contribution is 6.39. The van der Waals surface area contributed by atoms with Gasteiger partial charge in [0.1, 0.15) is 5.75 Å². The van der Waals surface area contributed by atoms with Crippen LogP contribution in [0.4, 0.5) is 5.69 Å². The number of aliphatic hydroxyl groups is 1. The maximum absolute atomic E-state index is 11.7. The Morgan fingerprint density at radius 1 is 1.27 bits per heavy atom. The number of amides is 2. The molecule has 1 aliphatic rings. The van der Waals surface area contributed by atoms with Crippen LogP contribution in [-0.4, -0.2) is 36.2 Å². The van der Waals surface area contributed by atoms with E-state index in [9.17, 15) is 14.7 Å². The van der Waals surface area contributed by atoms with Gasteiger partial charge >= 0.3 is 11.8 Å². The third kappa shape index (κ3) is 5.04. The van der Waals surface area contributed by atoms with Crippen LogP contribution < -0.4 is 15.4 Å². The van der Waals surface area contributed by atoms with Crippen molar-refractivity contribution in [1.82, 2.24) is 5.32 Å². The lowest BCUT2D eigenvalue weighted by atomic mass is 10.2. The molecule has 0 unspecified atom stereocenters. The summed E-state index contributed by atoms with van der Waals surface area (Å²) in [6, 6.07) is 6.80. The molecule has 2 amide bonds. The number of benzene rings is 1. The summed E-state index contributed by atoms with van der Waals surface area (Å²) in [4.78, 5) is 23.4. The van der Waals surface area contributed by atoms with Crippen molar-refractivity contribution in [2.24, 2.45) is 5.92 Å². The van der Waals surface area contributed by atoms with Gasteiger partial charge in [0.05, 0.1) is 12.7 Å². The SMILES string of the molecule is CCOc1ccc(NC(=O)C(=O)NCC[C@@H](O)C2CC2)cc1. The van der Waals surface area contributed by atoms with E-state index in [0.29, 0.717) is 36.9 Å². The lowest BCUT2D eigenvalue weighted by Gasteiger charge is -2.10. The Bertz CT molecular complexity index is 511. The van der Waals surface area contributed by atoms with Crippen LogP contribution in [-0.2, 0) is 9.59 Å². The molecule has 0 aromatic heterocycles. The lowest BCUT2D eigenvalue weighted by Crippen LogP contribution is -2.37. The number of rotatable bonds is 7. The summed E-state index contributed by atoms with van der Waals surface area (Å²) in [6.07, 6.45) is 2.20. The second-order valence-corrected chi connectivity index (χ2v) is 5.36. The summed E-state index contributed by atoms with van der Waals surface area (Å²) in [5.41, 5.74) is 0.529. The van der Waals surface area contributed by atoms with Crippen LogP contribution in [0.2, 0.25) is 0 Å². The van der Waals surface area contributed by atoms with Crippen molar-refractivity contribution in [3.8, 4) is 5.75 Å². The Kier molecular flexibility index (Phi) is 5.77. The first-order valence-electron chi connectivity index (χ1n) is 7.60. The van der Waals surface area contributed by atoms with Gasteiger partial charge < -0.3 is 20.5 Å². The van der Waals surface area contributed by atoms with Crippen molar-refractivity contribution in [1.29, 1.82) is 0 Å². The molecule has 0 radical (unpaired) electrons. The summed E-state index contributed by atoms with van der Waals surface area (Å²) in [6.45, 7) is 2.76. The topological polar surface area (TPSA) is 87.7 Å². The van der Waals surface area contributed by atoms with Gasteiger partial charge in [0.25, 0.3) is 0 Å². The van der Waals surface area contributed by atoms with Crippen LogP contribution in [0.3, 0.4) is 0 Å². The van der Waals surface area contributed by atoms with Crippen molar-refractivity contribution < 1.29 is 19.4 Å². The van der Waals surface area contributed by atoms with E-state index in [0.717, 1.165) is 12.8 Å². The van der Waals surface area contributed by atoms with Crippen LogP contribution in [0.15, 0.2) is 24.3 Å². The number of nitrogens with one attached hydrogen (secondary N) is 2. The first kappa shape index (κ1) is 16.3. The van der Waals surface area contributed by atoms with E-state index < -0.39 is 11.8 Å². The normalized spacial score (nSPS) is 15.0. The van der Waals surface area contributed by atoms with E-state index in [1.807, 2.05) is 6.92 Å². The second-order valence-electron chi connectivity index (χ2n) is 5.36. The first-order valence-corrected chi connectivity index (χ1v) is 7.60. The highest BCUT2D eigenvalue weighted by atomic mass is 16.5. The third-order valence-electron chi connectivity index (χ3n) is 3.52. The number of carbonyl (C=O) groups is 2.